The number of amides is 2. The van der Waals surface area contributed by atoms with Crippen LogP contribution in [-0.2, 0) is 11.3 Å². The van der Waals surface area contributed by atoms with E-state index in [1.54, 1.807) is 36.8 Å². The van der Waals surface area contributed by atoms with Crippen LogP contribution < -0.4 is 16.4 Å². The van der Waals surface area contributed by atoms with Crippen molar-refractivity contribution < 1.29 is 9.59 Å². The van der Waals surface area contributed by atoms with Crippen molar-refractivity contribution in [1.82, 2.24) is 14.9 Å². The number of anilines is 1. The van der Waals surface area contributed by atoms with Gasteiger partial charge in [-0.3, -0.25) is 9.59 Å². The van der Waals surface area contributed by atoms with Gasteiger partial charge in [0, 0.05) is 48.7 Å². The number of imidazole rings is 1. The van der Waals surface area contributed by atoms with Gasteiger partial charge in [-0.1, -0.05) is 6.07 Å². The van der Waals surface area contributed by atoms with Gasteiger partial charge in [-0.15, -0.1) is 24.8 Å². The normalized spacial score (nSPS) is 18.3. The van der Waals surface area contributed by atoms with Crippen LogP contribution in [0.1, 0.15) is 42.5 Å². The van der Waals surface area contributed by atoms with E-state index in [1.807, 2.05) is 10.8 Å². The largest absolute Gasteiger partial charge is 0.349 e. The predicted molar refractivity (Wildman–Crippen MR) is 114 cm³/mol. The second kappa shape index (κ2) is 11.7. The summed E-state index contributed by atoms with van der Waals surface area (Å²) in [4.78, 5) is 28.5. The van der Waals surface area contributed by atoms with Crippen molar-refractivity contribution in [3.63, 3.8) is 0 Å². The first-order chi connectivity index (χ1) is 12.6. The third-order valence-electron chi connectivity index (χ3n) is 4.67. The predicted octanol–water partition coefficient (Wildman–Crippen LogP) is 2.76. The van der Waals surface area contributed by atoms with E-state index in [1.165, 1.54) is 0 Å². The minimum absolute atomic E-state index is 0. The highest BCUT2D eigenvalue weighted by atomic mass is 35.5. The summed E-state index contributed by atoms with van der Waals surface area (Å²) in [5, 5.41) is 5.90. The molecule has 0 radical (unpaired) electrons. The Morgan fingerprint density at radius 2 is 1.93 bits per heavy atom. The average Bonchev–Trinajstić information content (AvgIpc) is 3.16. The molecule has 0 atom stereocenters. The first kappa shape index (κ1) is 23.9. The van der Waals surface area contributed by atoms with Gasteiger partial charge < -0.3 is 20.9 Å². The van der Waals surface area contributed by atoms with Crippen LogP contribution in [0.5, 0.6) is 0 Å². The number of nitrogens with zero attached hydrogens (tertiary/aromatic N) is 2. The summed E-state index contributed by atoms with van der Waals surface area (Å²) in [7, 11) is 0. The molecule has 1 saturated carbocycles. The molecular formula is C19H27Cl2N5O2. The Hall–Kier alpha value is -2.09. The summed E-state index contributed by atoms with van der Waals surface area (Å²) in [6.45, 7) is 0.565. The zero-order chi connectivity index (χ0) is 18.4. The molecule has 1 aromatic carbocycles. The molecule has 0 aliphatic heterocycles. The van der Waals surface area contributed by atoms with E-state index in [-0.39, 0.29) is 48.7 Å². The number of rotatable bonds is 6. The fourth-order valence-corrected chi connectivity index (χ4v) is 3.14. The summed E-state index contributed by atoms with van der Waals surface area (Å²) in [6, 6.07) is 7.45. The third-order valence-corrected chi connectivity index (χ3v) is 4.67. The zero-order valence-electron chi connectivity index (χ0n) is 15.5. The lowest BCUT2D eigenvalue weighted by Crippen LogP contribution is -2.40. The minimum atomic E-state index is -0.111. The van der Waals surface area contributed by atoms with E-state index in [0.717, 1.165) is 25.7 Å². The van der Waals surface area contributed by atoms with E-state index in [0.29, 0.717) is 24.2 Å². The average molecular weight is 428 g/mol. The summed E-state index contributed by atoms with van der Waals surface area (Å²) in [5.41, 5.74) is 7.08. The van der Waals surface area contributed by atoms with Crippen LogP contribution >= 0.6 is 24.8 Å². The molecule has 2 aromatic rings. The van der Waals surface area contributed by atoms with E-state index in [2.05, 4.69) is 15.6 Å². The fraction of sp³-hybridized carbons (Fsp3) is 0.421. The molecule has 1 aliphatic carbocycles. The summed E-state index contributed by atoms with van der Waals surface area (Å²) in [5.74, 6) is -0.211. The lowest BCUT2D eigenvalue weighted by Gasteiger charge is -2.26. The second-order valence-corrected chi connectivity index (χ2v) is 6.76. The highest BCUT2D eigenvalue weighted by Crippen LogP contribution is 2.18. The number of hydrogen-bond donors (Lipinski definition) is 3. The molecule has 0 bridgehead atoms. The van der Waals surface area contributed by atoms with Crippen molar-refractivity contribution in [3.8, 4) is 0 Å². The Morgan fingerprint density at radius 3 is 2.61 bits per heavy atom. The Balaban J connectivity index is 0.00000196. The second-order valence-electron chi connectivity index (χ2n) is 6.76. The van der Waals surface area contributed by atoms with Crippen molar-refractivity contribution in [1.29, 1.82) is 0 Å². The molecule has 1 aromatic heterocycles. The number of halogens is 2. The summed E-state index contributed by atoms with van der Waals surface area (Å²) in [6.07, 6.45) is 9.23. The maximum atomic E-state index is 12.4. The molecule has 7 nitrogen and oxygen atoms in total. The number of carbonyl (C=O) groups excluding carboxylic acids is 2. The van der Waals surface area contributed by atoms with Crippen molar-refractivity contribution in [2.75, 3.05) is 5.32 Å². The van der Waals surface area contributed by atoms with Gasteiger partial charge in [0.15, 0.2) is 0 Å². The van der Waals surface area contributed by atoms with Crippen LogP contribution in [0.4, 0.5) is 5.69 Å². The SMILES string of the molecule is Cl.Cl.NC1CCC(NC(=O)c2cccc(NC(=O)CCn3ccnc3)c2)CC1. The van der Waals surface area contributed by atoms with Gasteiger partial charge in [-0.25, -0.2) is 4.98 Å². The van der Waals surface area contributed by atoms with E-state index in [4.69, 9.17) is 5.73 Å². The van der Waals surface area contributed by atoms with Gasteiger partial charge in [-0.05, 0) is 43.9 Å². The summed E-state index contributed by atoms with van der Waals surface area (Å²) < 4.78 is 1.85. The maximum absolute atomic E-state index is 12.4. The lowest BCUT2D eigenvalue weighted by molar-refractivity contribution is -0.116. The highest BCUT2D eigenvalue weighted by molar-refractivity contribution is 5.97. The van der Waals surface area contributed by atoms with Crippen LogP contribution in [0.15, 0.2) is 43.0 Å². The number of nitrogens with two attached hydrogens (primary N) is 1. The van der Waals surface area contributed by atoms with Crippen molar-refractivity contribution in [3.05, 3.63) is 48.5 Å². The van der Waals surface area contributed by atoms with Gasteiger partial charge in [0.25, 0.3) is 5.91 Å². The smallest absolute Gasteiger partial charge is 0.251 e. The molecule has 2 amide bonds. The van der Waals surface area contributed by atoms with Gasteiger partial charge in [0.05, 0.1) is 6.33 Å². The Kier molecular flexibility index (Phi) is 9.99. The minimum Gasteiger partial charge on any atom is -0.349 e. The molecule has 0 unspecified atom stereocenters. The zero-order valence-corrected chi connectivity index (χ0v) is 17.2. The molecule has 1 heterocycles. The molecule has 0 saturated heterocycles. The number of hydrogen-bond acceptors (Lipinski definition) is 4. The van der Waals surface area contributed by atoms with Crippen molar-refractivity contribution in [2.45, 2.75) is 50.7 Å². The number of aromatic nitrogens is 2. The molecule has 1 aliphatic rings. The molecule has 154 valence electrons. The van der Waals surface area contributed by atoms with E-state index in [9.17, 15) is 9.59 Å². The van der Waals surface area contributed by atoms with E-state index < -0.39 is 0 Å². The Bertz CT molecular complexity index is 747. The number of carbonyl (C=O) groups is 2. The van der Waals surface area contributed by atoms with Crippen LogP contribution in [0, 0.1) is 0 Å². The lowest BCUT2D eigenvalue weighted by atomic mass is 9.91. The van der Waals surface area contributed by atoms with Crippen molar-refractivity contribution in [2.24, 2.45) is 5.73 Å². The quantitative estimate of drug-likeness (QED) is 0.659. The van der Waals surface area contributed by atoms with Crippen molar-refractivity contribution >= 4 is 42.3 Å². The first-order valence-electron chi connectivity index (χ1n) is 9.02. The molecule has 3 rings (SSSR count). The highest BCUT2D eigenvalue weighted by Gasteiger charge is 2.20. The standard InChI is InChI=1S/C19H25N5O2.2ClH/c20-15-4-6-16(7-5-15)23-19(26)14-2-1-3-17(12-14)22-18(25)8-10-24-11-9-21-13-24;;/h1-3,9,11-13,15-16H,4-8,10,20H2,(H,22,25)(H,23,26);2*1H. The third kappa shape index (κ3) is 7.14. The van der Waals surface area contributed by atoms with Gasteiger partial charge in [0.2, 0.25) is 5.91 Å². The molecule has 0 spiro atoms. The number of aryl methyl sites for hydroxylation is 1. The monoisotopic (exact) mass is 427 g/mol. The van der Waals surface area contributed by atoms with Gasteiger partial charge in [0.1, 0.15) is 0 Å². The molecule has 9 heteroatoms. The van der Waals surface area contributed by atoms with Crippen LogP contribution in [0.25, 0.3) is 0 Å². The first-order valence-corrected chi connectivity index (χ1v) is 9.02. The Labute approximate surface area is 177 Å². The number of nitrogens with one attached hydrogen (secondary N) is 2. The molecule has 28 heavy (non-hydrogen) atoms. The van der Waals surface area contributed by atoms with Gasteiger partial charge >= 0.3 is 0 Å². The number of benzene rings is 1. The van der Waals surface area contributed by atoms with Crippen LogP contribution in [0.2, 0.25) is 0 Å². The van der Waals surface area contributed by atoms with Crippen LogP contribution in [0.3, 0.4) is 0 Å². The Morgan fingerprint density at radius 1 is 1.18 bits per heavy atom. The topological polar surface area (TPSA) is 102 Å². The molecule has 4 N–H and O–H groups in total. The fourth-order valence-electron chi connectivity index (χ4n) is 3.14. The summed E-state index contributed by atoms with van der Waals surface area (Å²) >= 11 is 0. The van der Waals surface area contributed by atoms with Crippen LogP contribution in [-0.4, -0.2) is 33.4 Å². The molecular weight excluding hydrogens is 401 g/mol. The van der Waals surface area contributed by atoms with E-state index >= 15 is 0 Å². The molecule has 1 fully saturated rings. The maximum Gasteiger partial charge on any atom is 0.251 e. The van der Waals surface area contributed by atoms with Gasteiger partial charge in [-0.2, -0.15) is 0 Å².